The average molecular weight is 340 g/mol. The van der Waals surface area contributed by atoms with Crippen LogP contribution in [-0.4, -0.2) is 40.5 Å². The van der Waals surface area contributed by atoms with Gasteiger partial charge in [-0.2, -0.15) is 0 Å². The molecule has 25 heavy (non-hydrogen) atoms. The number of methoxy groups -OCH3 is 1. The fraction of sp³-hybridized carbons (Fsp3) is 0.316. The van der Waals surface area contributed by atoms with Crippen LogP contribution in [0.15, 0.2) is 48.7 Å². The molecule has 1 saturated heterocycles. The van der Waals surface area contributed by atoms with Crippen LogP contribution in [0, 0.1) is 5.92 Å². The van der Waals surface area contributed by atoms with Gasteiger partial charge in [-0.15, -0.1) is 0 Å². The van der Waals surface area contributed by atoms with Crippen LogP contribution in [-0.2, 0) is 16.0 Å². The van der Waals surface area contributed by atoms with Gasteiger partial charge in [-0.3, -0.25) is 14.6 Å². The van der Waals surface area contributed by atoms with Crippen LogP contribution in [0.2, 0.25) is 0 Å². The van der Waals surface area contributed by atoms with Crippen molar-refractivity contribution in [1.82, 2.24) is 9.88 Å². The lowest BCUT2D eigenvalue weighted by Gasteiger charge is -2.27. The molecule has 2 heterocycles. The lowest BCUT2D eigenvalue weighted by molar-refractivity contribution is -0.142. The van der Waals surface area contributed by atoms with Crippen molar-refractivity contribution < 1.29 is 19.4 Å². The minimum Gasteiger partial charge on any atom is -0.497 e. The summed E-state index contributed by atoms with van der Waals surface area (Å²) in [7, 11) is 1.58. The first kappa shape index (κ1) is 17.0. The Morgan fingerprint density at radius 3 is 2.64 bits per heavy atom. The second-order valence-corrected chi connectivity index (χ2v) is 6.03. The largest absolute Gasteiger partial charge is 0.497 e. The predicted molar refractivity (Wildman–Crippen MR) is 91.1 cm³/mol. The van der Waals surface area contributed by atoms with Crippen molar-refractivity contribution >= 4 is 11.9 Å². The number of pyridine rings is 1. The van der Waals surface area contributed by atoms with Crippen molar-refractivity contribution in [3.8, 4) is 5.75 Å². The maximum absolute atomic E-state index is 12.4. The van der Waals surface area contributed by atoms with E-state index >= 15 is 0 Å². The highest BCUT2D eigenvalue weighted by Gasteiger charge is 2.44. The lowest BCUT2D eigenvalue weighted by atomic mass is 9.93. The summed E-state index contributed by atoms with van der Waals surface area (Å²) in [5.74, 6) is -1.14. The SMILES string of the molecule is COc1ccc([C@@H]2[C@H](C(=O)O)CC(=O)N2CCc2ccccn2)cc1. The molecule has 1 aromatic heterocycles. The molecule has 1 aromatic carbocycles. The quantitative estimate of drug-likeness (QED) is 0.873. The summed E-state index contributed by atoms with van der Waals surface area (Å²) in [4.78, 5) is 30.0. The summed E-state index contributed by atoms with van der Waals surface area (Å²) in [6.45, 7) is 0.441. The number of rotatable bonds is 6. The fourth-order valence-corrected chi connectivity index (χ4v) is 3.27. The van der Waals surface area contributed by atoms with Crippen LogP contribution in [0.1, 0.15) is 23.7 Å². The highest BCUT2D eigenvalue weighted by atomic mass is 16.5. The molecule has 2 aromatic rings. The van der Waals surface area contributed by atoms with Gasteiger partial charge in [-0.25, -0.2) is 0 Å². The van der Waals surface area contributed by atoms with Gasteiger partial charge in [0.05, 0.1) is 19.1 Å². The van der Waals surface area contributed by atoms with E-state index in [0.717, 1.165) is 11.3 Å². The van der Waals surface area contributed by atoms with E-state index in [0.29, 0.717) is 18.7 Å². The van der Waals surface area contributed by atoms with Gasteiger partial charge in [0.2, 0.25) is 5.91 Å². The molecular formula is C19H20N2O4. The monoisotopic (exact) mass is 340 g/mol. The third-order valence-electron chi connectivity index (χ3n) is 4.54. The number of likely N-dealkylation sites (tertiary alicyclic amines) is 1. The molecule has 0 bridgehead atoms. The second kappa shape index (κ2) is 7.34. The van der Waals surface area contributed by atoms with Gasteiger partial charge < -0.3 is 14.7 Å². The van der Waals surface area contributed by atoms with Crippen molar-refractivity contribution in [3.05, 3.63) is 59.9 Å². The maximum Gasteiger partial charge on any atom is 0.309 e. The minimum absolute atomic E-state index is 0.0221. The number of benzene rings is 1. The normalized spacial score (nSPS) is 19.9. The number of nitrogens with zero attached hydrogens (tertiary/aromatic N) is 2. The van der Waals surface area contributed by atoms with Gasteiger partial charge in [0.15, 0.2) is 0 Å². The van der Waals surface area contributed by atoms with Gasteiger partial charge in [-0.1, -0.05) is 18.2 Å². The number of carboxylic acid groups (broad SMARTS) is 1. The predicted octanol–water partition coefficient (Wildman–Crippen LogP) is 2.31. The molecule has 6 nitrogen and oxygen atoms in total. The molecule has 0 spiro atoms. The standard InChI is InChI=1S/C19H20N2O4/c1-25-15-7-5-13(6-8-15)18-16(19(23)24)12-17(22)21(18)11-9-14-4-2-3-10-20-14/h2-8,10,16,18H,9,11-12H2,1H3,(H,23,24)/t16-,18-/m1/s1. The summed E-state index contributed by atoms with van der Waals surface area (Å²) in [5.41, 5.74) is 1.68. The number of carboxylic acids is 1. The first-order valence-corrected chi connectivity index (χ1v) is 8.16. The second-order valence-electron chi connectivity index (χ2n) is 6.03. The fourth-order valence-electron chi connectivity index (χ4n) is 3.27. The maximum atomic E-state index is 12.4. The van der Waals surface area contributed by atoms with E-state index in [1.54, 1.807) is 30.3 Å². The highest BCUT2D eigenvalue weighted by Crippen LogP contribution is 2.38. The molecule has 6 heteroatoms. The van der Waals surface area contributed by atoms with Gasteiger partial charge in [0.25, 0.3) is 0 Å². The Balaban J connectivity index is 1.84. The van der Waals surface area contributed by atoms with Crippen molar-refractivity contribution in [2.75, 3.05) is 13.7 Å². The minimum atomic E-state index is -0.950. The first-order valence-electron chi connectivity index (χ1n) is 8.16. The number of amides is 1. The van der Waals surface area contributed by atoms with Crippen LogP contribution in [0.25, 0.3) is 0 Å². The van der Waals surface area contributed by atoms with Crippen molar-refractivity contribution in [3.63, 3.8) is 0 Å². The molecule has 1 aliphatic heterocycles. The van der Waals surface area contributed by atoms with Crippen molar-refractivity contribution in [2.24, 2.45) is 5.92 Å². The van der Waals surface area contributed by atoms with Gasteiger partial charge in [-0.05, 0) is 29.8 Å². The third kappa shape index (κ3) is 3.63. The number of aliphatic carboxylic acids is 1. The van der Waals surface area contributed by atoms with Gasteiger partial charge in [0, 0.05) is 31.3 Å². The molecule has 0 saturated carbocycles. The molecule has 1 amide bonds. The Hall–Kier alpha value is -2.89. The van der Waals surface area contributed by atoms with Crippen molar-refractivity contribution in [2.45, 2.75) is 18.9 Å². The van der Waals surface area contributed by atoms with Crippen LogP contribution < -0.4 is 4.74 Å². The molecule has 2 atom stereocenters. The Kier molecular flexibility index (Phi) is 4.97. The highest BCUT2D eigenvalue weighted by molar-refractivity contribution is 5.87. The Morgan fingerprint density at radius 1 is 1.28 bits per heavy atom. The molecule has 0 aliphatic carbocycles. The van der Waals surface area contributed by atoms with E-state index in [9.17, 15) is 14.7 Å². The topological polar surface area (TPSA) is 79.7 Å². The van der Waals surface area contributed by atoms with Crippen LogP contribution in [0.3, 0.4) is 0 Å². The lowest BCUT2D eigenvalue weighted by Crippen LogP contribution is -2.32. The molecule has 1 N–H and O–H groups in total. The van der Waals surface area contributed by atoms with Crippen molar-refractivity contribution in [1.29, 1.82) is 0 Å². The number of carbonyl (C=O) groups excluding carboxylic acids is 1. The van der Waals surface area contributed by atoms with E-state index in [1.165, 1.54) is 0 Å². The summed E-state index contributed by atoms with van der Waals surface area (Å²) in [6, 6.07) is 12.4. The van der Waals surface area contributed by atoms with E-state index in [-0.39, 0.29) is 12.3 Å². The van der Waals surface area contributed by atoms with E-state index in [4.69, 9.17) is 4.74 Å². The molecule has 130 valence electrons. The number of carbonyl (C=O) groups is 2. The number of hydrogen-bond donors (Lipinski definition) is 1. The van der Waals surface area contributed by atoms with Crippen LogP contribution in [0.4, 0.5) is 0 Å². The van der Waals surface area contributed by atoms with Crippen LogP contribution in [0.5, 0.6) is 5.75 Å². The molecule has 3 rings (SSSR count). The van der Waals surface area contributed by atoms with Gasteiger partial charge in [0.1, 0.15) is 5.75 Å². The van der Waals surface area contributed by atoms with E-state index in [2.05, 4.69) is 4.98 Å². The molecule has 0 radical (unpaired) electrons. The zero-order valence-corrected chi connectivity index (χ0v) is 14.0. The zero-order chi connectivity index (χ0) is 17.8. The van der Waals surface area contributed by atoms with E-state index < -0.39 is 17.9 Å². The third-order valence-corrected chi connectivity index (χ3v) is 4.54. The Morgan fingerprint density at radius 2 is 2.04 bits per heavy atom. The Labute approximate surface area is 146 Å². The summed E-state index contributed by atoms with van der Waals surface area (Å²) >= 11 is 0. The molecular weight excluding hydrogens is 320 g/mol. The molecule has 1 aliphatic rings. The summed E-state index contributed by atoms with van der Waals surface area (Å²) in [5, 5.41) is 9.55. The smallest absolute Gasteiger partial charge is 0.309 e. The molecule has 0 unspecified atom stereocenters. The summed E-state index contributed by atoms with van der Waals surface area (Å²) in [6.07, 6.45) is 2.32. The number of hydrogen-bond acceptors (Lipinski definition) is 4. The molecule has 1 fully saturated rings. The number of ether oxygens (including phenoxy) is 1. The number of aromatic nitrogens is 1. The average Bonchev–Trinajstić information content (AvgIpc) is 2.97. The zero-order valence-electron chi connectivity index (χ0n) is 14.0. The van der Waals surface area contributed by atoms with Crippen LogP contribution >= 0.6 is 0 Å². The summed E-state index contributed by atoms with van der Waals surface area (Å²) < 4.78 is 5.15. The van der Waals surface area contributed by atoms with E-state index in [1.807, 2.05) is 30.3 Å². The first-order chi connectivity index (χ1) is 12.1. The van der Waals surface area contributed by atoms with Gasteiger partial charge >= 0.3 is 5.97 Å². The Bertz CT molecular complexity index is 746.